The summed E-state index contributed by atoms with van der Waals surface area (Å²) in [5.74, 6) is 0. The zero-order chi connectivity index (χ0) is 11.9. The Bertz CT molecular complexity index is 364. The molecule has 1 heteroatoms. The second-order valence-corrected chi connectivity index (χ2v) is 4.91. The molecule has 0 aromatic heterocycles. The Balaban J connectivity index is 1.75. The molecule has 1 aromatic rings. The maximum absolute atomic E-state index is 3.52. The minimum atomic E-state index is 0.830. The number of benzene rings is 1. The second-order valence-electron chi connectivity index (χ2n) is 4.91. The van der Waals surface area contributed by atoms with Crippen LogP contribution in [-0.2, 0) is 6.42 Å². The number of aryl methyl sites for hydroxylation is 1. The number of nitrogens with one attached hydrogen (secondary N) is 1. The molecule has 0 amide bonds. The average molecular weight is 229 g/mol. The molecule has 1 saturated carbocycles. The maximum atomic E-state index is 3.52. The smallest absolute Gasteiger partial charge is 0.00683 e. The van der Waals surface area contributed by atoms with Gasteiger partial charge in [0, 0.05) is 6.04 Å². The fourth-order valence-electron chi connectivity index (χ4n) is 2.02. The minimum Gasteiger partial charge on any atom is -0.314 e. The lowest BCUT2D eigenvalue weighted by molar-refractivity contribution is 0.691. The summed E-state index contributed by atoms with van der Waals surface area (Å²) in [5, 5.41) is 3.52. The van der Waals surface area contributed by atoms with Crippen molar-refractivity contribution in [3.63, 3.8) is 0 Å². The van der Waals surface area contributed by atoms with Crippen molar-refractivity contribution in [2.45, 2.75) is 45.1 Å². The van der Waals surface area contributed by atoms with Crippen LogP contribution >= 0.6 is 0 Å². The Morgan fingerprint density at radius 3 is 3.00 bits per heavy atom. The number of hydrogen-bond donors (Lipinski definition) is 1. The van der Waals surface area contributed by atoms with Gasteiger partial charge in [0.1, 0.15) is 0 Å². The van der Waals surface area contributed by atoms with Crippen LogP contribution in [0, 0.1) is 0 Å². The van der Waals surface area contributed by atoms with E-state index in [4.69, 9.17) is 0 Å². The lowest BCUT2D eigenvalue weighted by atomic mass is 10.1. The molecular formula is C16H23N. The van der Waals surface area contributed by atoms with Crippen molar-refractivity contribution >= 4 is 6.08 Å². The van der Waals surface area contributed by atoms with E-state index in [0.29, 0.717) is 0 Å². The van der Waals surface area contributed by atoms with Gasteiger partial charge in [0.15, 0.2) is 0 Å². The number of rotatable bonds is 7. The molecule has 17 heavy (non-hydrogen) atoms. The summed E-state index contributed by atoms with van der Waals surface area (Å²) in [5.41, 5.74) is 2.79. The average Bonchev–Trinajstić information content (AvgIpc) is 3.14. The van der Waals surface area contributed by atoms with E-state index in [1.807, 2.05) is 0 Å². The van der Waals surface area contributed by atoms with E-state index in [1.54, 1.807) is 0 Å². The molecule has 1 N–H and O–H groups in total. The molecule has 1 aliphatic carbocycles. The van der Waals surface area contributed by atoms with Gasteiger partial charge in [-0.2, -0.15) is 0 Å². The monoisotopic (exact) mass is 229 g/mol. The third kappa shape index (κ3) is 4.74. The third-order valence-corrected chi connectivity index (χ3v) is 3.12. The molecule has 92 valence electrons. The zero-order valence-corrected chi connectivity index (χ0v) is 10.8. The van der Waals surface area contributed by atoms with Crippen LogP contribution < -0.4 is 5.32 Å². The predicted octanol–water partition coefficient (Wildman–Crippen LogP) is 3.79. The standard InChI is InChI=1S/C16H23N/c1-2-6-14-8-5-9-15(13-14)7-3-4-12-17-16-10-11-16/h3,5,7-9,13,16-17H,2,4,6,10-12H2,1H3/b7-3+. The SMILES string of the molecule is CCCc1cccc(/C=C/CCNC2CC2)c1. The zero-order valence-electron chi connectivity index (χ0n) is 10.8. The molecule has 0 saturated heterocycles. The highest BCUT2D eigenvalue weighted by Gasteiger charge is 2.19. The Kier molecular flexibility index (Phi) is 4.81. The quantitative estimate of drug-likeness (QED) is 0.701. The van der Waals surface area contributed by atoms with Crippen molar-refractivity contribution in [1.82, 2.24) is 5.32 Å². The van der Waals surface area contributed by atoms with Crippen LogP contribution in [-0.4, -0.2) is 12.6 Å². The first kappa shape index (κ1) is 12.4. The van der Waals surface area contributed by atoms with Gasteiger partial charge >= 0.3 is 0 Å². The van der Waals surface area contributed by atoms with Crippen molar-refractivity contribution < 1.29 is 0 Å². The number of hydrogen-bond acceptors (Lipinski definition) is 1. The topological polar surface area (TPSA) is 12.0 Å². The van der Waals surface area contributed by atoms with Crippen LogP contribution in [0.4, 0.5) is 0 Å². The van der Waals surface area contributed by atoms with Gasteiger partial charge in [0.05, 0.1) is 0 Å². The predicted molar refractivity (Wildman–Crippen MR) is 75.1 cm³/mol. The molecule has 2 rings (SSSR count). The summed E-state index contributed by atoms with van der Waals surface area (Å²) in [4.78, 5) is 0. The van der Waals surface area contributed by atoms with Crippen molar-refractivity contribution in [2.24, 2.45) is 0 Å². The molecule has 0 bridgehead atoms. The van der Waals surface area contributed by atoms with Gasteiger partial charge in [-0.1, -0.05) is 49.8 Å². The van der Waals surface area contributed by atoms with Gasteiger partial charge in [-0.25, -0.2) is 0 Å². The van der Waals surface area contributed by atoms with E-state index < -0.39 is 0 Å². The summed E-state index contributed by atoms with van der Waals surface area (Å²) >= 11 is 0. The largest absolute Gasteiger partial charge is 0.314 e. The van der Waals surface area contributed by atoms with Gasteiger partial charge in [-0.15, -0.1) is 0 Å². The van der Waals surface area contributed by atoms with Crippen LogP contribution in [0.5, 0.6) is 0 Å². The second kappa shape index (κ2) is 6.61. The molecule has 0 spiro atoms. The first-order chi connectivity index (χ1) is 8.38. The first-order valence-corrected chi connectivity index (χ1v) is 6.87. The minimum absolute atomic E-state index is 0.830. The molecule has 0 unspecified atom stereocenters. The molecule has 0 atom stereocenters. The highest BCUT2D eigenvalue weighted by Crippen LogP contribution is 2.18. The van der Waals surface area contributed by atoms with Crippen LogP contribution in [0.3, 0.4) is 0 Å². The van der Waals surface area contributed by atoms with Gasteiger partial charge < -0.3 is 5.32 Å². The summed E-state index contributed by atoms with van der Waals surface area (Å²) < 4.78 is 0. The van der Waals surface area contributed by atoms with Crippen molar-refractivity contribution in [2.75, 3.05) is 6.54 Å². The van der Waals surface area contributed by atoms with E-state index in [0.717, 1.165) is 19.0 Å². The Labute approximate surface area is 105 Å². The molecule has 0 radical (unpaired) electrons. The summed E-state index contributed by atoms with van der Waals surface area (Å²) in [6.07, 6.45) is 10.8. The van der Waals surface area contributed by atoms with Crippen LogP contribution in [0.1, 0.15) is 43.7 Å². The Morgan fingerprint density at radius 1 is 1.35 bits per heavy atom. The molecule has 0 aliphatic heterocycles. The van der Waals surface area contributed by atoms with Crippen LogP contribution in [0.2, 0.25) is 0 Å². The van der Waals surface area contributed by atoms with Crippen LogP contribution in [0.25, 0.3) is 6.08 Å². The molecular weight excluding hydrogens is 206 g/mol. The maximum Gasteiger partial charge on any atom is 0.00683 e. The molecule has 1 aliphatic rings. The van der Waals surface area contributed by atoms with Gasteiger partial charge in [0.2, 0.25) is 0 Å². The third-order valence-electron chi connectivity index (χ3n) is 3.12. The van der Waals surface area contributed by atoms with E-state index in [9.17, 15) is 0 Å². The van der Waals surface area contributed by atoms with Crippen LogP contribution in [0.15, 0.2) is 30.3 Å². The fraction of sp³-hybridized carbons (Fsp3) is 0.500. The molecule has 1 fully saturated rings. The van der Waals surface area contributed by atoms with E-state index in [2.05, 4.69) is 48.7 Å². The van der Waals surface area contributed by atoms with Gasteiger partial charge in [-0.05, 0) is 43.4 Å². The highest BCUT2D eigenvalue weighted by molar-refractivity contribution is 5.50. The van der Waals surface area contributed by atoms with Gasteiger partial charge in [0.25, 0.3) is 0 Å². The molecule has 1 aromatic carbocycles. The van der Waals surface area contributed by atoms with E-state index >= 15 is 0 Å². The summed E-state index contributed by atoms with van der Waals surface area (Å²) in [7, 11) is 0. The normalized spacial score (nSPS) is 15.6. The lowest BCUT2D eigenvalue weighted by Gasteiger charge is -2.00. The lowest BCUT2D eigenvalue weighted by Crippen LogP contribution is -2.16. The molecule has 1 nitrogen and oxygen atoms in total. The molecule has 0 heterocycles. The Hall–Kier alpha value is -1.08. The van der Waals surface area contributed by atoms with E-state index in [-0.39, 0.29) is 0 Å². The van der Waals surface area contributed by atoms with Crippen molar-refractivity contribution in [1.29, 1.82) is 0 Å². The van der Waals surface area contributed by atoms with E-state index in [1.165, 1.54) is 36.8 Å². The van der Waals surface area contributed by atoms with Crippen molar-refractivity contribution in [3.05, 3.63) is 41.5 Å². The van der Waals surface area contributed by atoms with Gasteiger partial charge in [-0.3, -0.25) is 0 Å². The first-order valence-electron chi connectivity index (χ1n) is 6.87. The highest BCUT2D eigenvalue weighted by atomic mass is 14.9. The van der Waals surface area contributed by atoms with Crippen molar-refractivity contribution in [3.8, 4) is 0 Å². The summed E-state index contributed by atoms with van der Waals surface area (Å²) in [6.45, 7) is 3.35. The fourth-order valence-corrected chi connectivity index (χ4v) is 2.02. The Morgan fingerprint density at radius 2 is 2.24 bits per heavy atom. The summed E-state index contributed by atoms with van der Waals surface area (Å²) in [6, 6.07) is 9.69.